The largest absolute Gasteiger partial charge is 0.0730 e. The van der Waals surface area contributed by atoms with Crippen molar-refractivity contribution in [3.63, 3.8) is 0 Å². The first kappa shape index (κ1) is 12.5. The minimum atomic E-state index is 1.17. The van der Waals surface area contributed by atoms with E-state index in [0.29, 0.717) is 0 Å². The van der Waals surface area contributed by atoms with Gasteiger partial charge in [-0.3, -0.25) is 0 Å². The monoisotopic (exact) mass is 180 g/mol. The Kier molecular flexibility index (Phi) is 5.77. The molecule has 0 rings (SSSR count). The van der Waals surface area contributed by atoms with Crippen LogP contribution < -0.4 is 0 Å². The van der Waals surface area contributed by atoms with Crippen LogP contribution in [0.4, 0.5) is 0 Å². The second-order valence-corrected chi connectivity index (χ2v) is 4.06. The zero-order valence-corrected chi connectivity index (χ0v) is 10.1. The molecule has 0 fully saturated rings. The molecule has 76 valence electrons. The van der Waals surface area contributed by atoms with Crippen molar-refractivity contribution in [2.45, 2.75) is 60.8 Å². The summed E-state index contributed by atoms with van der Waals surface area (Å²) in [5.41, 5.74) is 6.12. The van der Waals surface area contributed by atoms with E-state index in [0.717, 1.165) is 0 Å². The van der Waals surface area contributed by atoms with Crippen molar-refractivity contribution in [3.05, 3.63) is 22.3 Å². The van der Waals surface area contributed by atoms with Crippen LogP contribution >= 0.6 is 0 Å². The van der Waals surface area contributed by atoms with Crippen LogP contribution in [0.25, 0.3) is 0 Å². The number of hydrogen-bond donors (Lipinski definition) is 0. The van der Waals surface area contributed by atoms with Crippen molar-refractivity contribution < 1.29 is 0 Å². The quantitative estimate of drug-likeness (QED) is 0.541. The molecule has 0 atom stereocenters. The first-order valence-electron chi connectivity index (χ1n) is 5.37. The van der Waals surface area contributed by atoms with E-state index in [1.165, 1.54) is 30.4 Å². The van der Waals surface area contributed by atoms with Crippen LogP contribution in [0.1, 0.15) is 60.8 Å². The van der Waals surface area contributed by atoms with Gasteiger partial charge < -0.3 is 0 Å². The highest BCUT2D eigenvalue weighted by molar-refractivity contribution is 5.36. The average Bonchev–Trinajstić information content (AvgIpc) is 2.03. The number of hydrogen-bond acceptors (Lipinski definition) is 0. The molecule has 0 spiro atoms. The van der Waals surface area contributed by atoms with Gasteiger partial charge in [-0.1, -0.05) is 31.4 Å². The van der Waals surface area contributed by atoms with Crippen LogP contribution in [0.15, 0.2) is 22.3 Å². The first-order valence-corrected chi connectivity index (χ1v) is 5.37. The van der Waals surface area contributed by atoms with Gasteiger partial charge in [0.25, 0.3) is 0 Å². The molecule has 0 aromatic heterocycles. The van der Waals surface area contributed by atoms with Crippen molar-refractivity contribution in [3.8, 4) is 0 Å². The summed E-state index contributed by atoms with van der Waals surface area (Å²) in [6, 6.07) is 0. The smallest absolute Gasteiger partial charge is 0.0279 e. The van der Waals surface area contributed by atoms with E-state index >= 15 is 0 Å². The molecule has 0 amide bonds. The minimum absolute atomic E-state index is 1.17. The van der Waals surface area contributed by atoms with Crippen LogP contribution in [-0.4, -0.2) is 0 Å². The Morgan fingerprint density at radius 3 is 1.46 bits per heavy atom. The van der Waals surface area contributed by atoms with Crippen molar-refractivity contribution in [1.82, 2.24) is 0 Å². The average molecular weight is 180 g/mol. The second kappa shape index (κ2) is 6.01. The Hall–Kier alpha value is -0.520. The lowest BCUT2D eigenvalue weighted by atomic mass is 9.92. The Balaban J connectivity index is 4.95. The van der Waals surface area contributed by atoms with E-state index in [9.17, 15) is 0 Å². The third-order valence-electron chi connectivity index (χ3n) is 2.42. The summed E-state index contributed by atoms with van der Waals surface area (Å²) in [6.45, 7) is 13.4. The highest BCUT2D eigenvalue weighted by Gasteiger charge is 2.05. The molecule has 0 aromatic carbocycles. The maximum Gasteiger partial charge on any atom is -0.0279 e. The van der Waals surface area contributed by atoms with Crippen LogP contribution in [0, 0.1) is 0 Å². The van der Waals surface area contributed by atoms with Gasteiger partial charge in [0.05, 0.1) is 0 Å². The fourth-order valence-electron chi connectivity index (χ4n) is 1.82. The third kappa shape index (κ3) is 3.80. The van der Waals surface area contributed by atoms with Gasteiger partial charge in [-0.2, -0.15) is 0 Å². The maximum atomic E-state index is 2.25. The zero-order valence-electron chi connectivity index (χ0n) is 10.1. The van der Waals surface area contributed by atoms with E-state index < -0.39 is 0 Å². The Morgan fingerprint density at radius 1 is 0.769 bits per heavy atom. The van der Waals surface area contributed by atoms with Crippen LogP contribution in [-0.2, 0) is 0 Å². The van der Waals surface area contributed by atoms with Crippen molar-refractivity contribution >= 4 is 0 Å². The molecule has 0 saturated heterocycles. The molecule has 0 aliphatic heterocycles. The van der Waals surface area contributed by atoms with E-state index in [-0.39, 0.29) is 0 Å². The summed E-state index contributed by atoms with van der Waals surface area (Å²) in [5.74, 6) is 0. The SMILES string of the molecule is CCCC(=C(C)C)C(CC)=C(C)C. The van der Waals surface area contributed by atoms with Crippen LogP contribution in [0.3, 0.4) is 0 Å². The second-order valence-electron chi connectivity index (χ2n) is 4.06. The predicted octanol–water partition coefficient (Wildman–Crippen LogP) is 4.87. The lowest BCUT2D eigenvalue weighted by Crippen LogP contribution is -1.94. The van der Waals surface area contributed by atoms with Crippen molar-refractivity contribution in [1.29, 1.82) is 0 Å². The summed E-state index contributed by atoms with van der Waals surface area (Å²) in [7, 11) is 0. The fraction of sp³-hybridized carbons (Fsp3) is 0.692. The van der Waals surface area contributed by atoms with Gasteiger partial charge >= 0.3 is 0 Å². The fourth-order valence-corrected chi connectivity index (χ4v) is 1.82. The van der Waals surface area contributed by atoms with Gasteiger partial charge in [0, 0.05) is 0 Å². The summed E-state index contributed by atoms with van der Waals surface area (Å²) in [4.78, 5) is 0. The molecule has 0 saturated carbocycles. The lowest BCUT2D eigenvalue weighted by molar-refractivity contribution is 0.871. The van der Waals surface area contributed by atoms with E-state index in [1.54, 1.807) is 11.1 Å². The van der Waals surface area contributed by atoms with Gasteiger partial charge in [-0.25, -0.2) is 0 Å². The van der Waals surface area contributed by atoms with Gasteiger partial charge in [0.2, 0.25) is 0 Å². The highest BCUT2D eigenvalue weighted by Crippen LogP contribution is 2.25. The van der Waals surface area contributed by atoms with Crippen molar-refractivity contribution in [2.24, 2.45) is 0 Å². The molecular weight excluding hydrogens is 156 g/mol. The summed E-state index contributed by atoms with van der Waals surface area (Å²) >= 11 is 0. The molecule has 0 aliphatic rings. The molecule has 0 nitrogen and oxygen atoms in total. The Labute approximate surface area is 83.7 Å². The van der Waals surface area contributed by atoms with Gasteiger partial charge in [0.15, 0.2) is 0 Å². The van der Waals surface area contributed by atoms with Crippen molar-refractivity contribution in [2.75, 3.05) is 0 Å². The highest BCUT2D eigenvalue weighted by atomic mass is 14.1. The van der Waals surface area contributed by atoms with E-state index in [4.69, 9.17) is 0 Å². The minimum Gasteiger partial charge on any atom is -0.0730 e. The molecule has 0 N–H and O–H groups in total. The van der Waals surface area contributed by atoms with Crippen LogP contribution in [0.5, 0.6) is 0 Å². The summed E-state index contributed by atoms with van der Waals surface area (Å²) in [6.07, 6.45) is 3.65. The Bertz CT molecular complexity index is 208. The molecule has 0 heterocycles. The Morgan fingerprint density at radius 2 is 1.23 bits per heavy atom. The first-order chi connectivity index (χ1) is 6.04. The maximum absolute atomic E-state index is 2.25. The lowest BCUT2D eigenvalue weighted by Gasteiger charge is -2.14. The van der Waals surface area contributed by atoms with E-state index in [2.05, 4.69) is 41.5 Å². The van der Waals surface area contributed by atoms with Gasteiger partial charge in [-0.05, 0) is 51.7 Å². The molecule has 0 aromatic rings. The molecule has 0 heteroatoms. The number of rotatable bonds is 4. The summed E-state index contributed by atoms with van der Waals surface area (Å²) < 4.78 is 0. The topological polar surface area (TPSA) is 0 Å². The number of allylic oxidation sites excluding steroid dienone is 4. The molecule has 0 bridgehead atoms. The molecule has 0 radical (unpaired) electrons. The van der Waals surface area contributed by atoms with Crippen LogP contribution in [0.2, 0.25) is 0 Å². The predicted molar refractivity (Wildman–Crippen MR) is 61.9 cm³/mol. The molecule has 13 heavy (non-hydrogen) atoms. The summed E-state index contributed by atoms with van der Waals surface area (Å²) in [5, 5.41) is 0. The van der Waals surface area contributed by atoms with E-state index in [1.807, 2.05) is 0 Å². The molecular formula is C13H24. The molecule has 0 unspecified atom stereocenters. The zero-order chi connectivity index (χ0) is 10.4. The van der Waals surface area contributed by atoms with Gasteiger partial charge in [0.1, 0.15) is 0 Å². The molecule has 0 aliphatic carbocycles. The normalized spacial score (nSPS) is 9.69. The van der Waals surface area contributed by atoms with Gasteiger partial charge in [-0.15, -0.1) is 0 Å². The standard InChI is InChI=1S/C13H24/c1-7-9-13(11(5)6)12(8-2)10(3)4/h7-9H2,1-6H3. The third-order valence-corrected chi connectivity index (χ3v) is 2.42.